The number of hydrogen-bond acceptors (Lipinski definition) is 4. The molecule has 6 heteroatoms. The summed E-state index contributed by atoms with van der Waals surface area (Å²) in [6, 6.07) is 31.3. The molecule has 0 radical (unpaired) electrons. The molecular weight excluding hydrogens is 384 g/mol. The number of anilines is 1. The predicted molar refractivity (Wildman–Crippen MR) is 116 cm³/mol. The van der Waals surface area contributed by atoms with Gasteiger partial charge in [-0.2, -0.15) is 4.21 Å². The van der Waals surface area contributed by atoms with E-state index >= 15 is 0 Å². The summed E-state index contributed by atoms with van der Waals surface area (Å²) in [6.45, 7) is 1.75. The summed E-state index contributed by atoms with van der Waals surface area (Å²) in [4.78, 5) is 4.48. The molecule has 1 unspecified atom stereocenters. The SMILES string of the molecule is O=S(O)OCN(c1ccccc1)C1CN(C(c2ccccc2)c2ccccc2)C1. The molecule has 4 rings (SSSR count). The highest BCUT2D eigenvalue weighted by atomic mass is 32.2. The van der Waals surface area contributed by atoms with Crippen LogP contribution in [0.25, 0.3) is 0 Å². The zero-order valence-electron chi connectivity index (χ0n) is 16.0. The first-order valence-corrected chi connectivity index (χ1v) is 10.7. The highest BCUT2D eigenvalue weighted by Gasteiger charge is 2.37. The third-order valence-corrected chi connectivity index (χ3v) is 5.61. The molecule has 5 nitrogen and oxygen atoms in total. The van der Waals surface area contributed by atoms with Crippen molar-refractivity contribution in [1.29, 1.82) is 0 Å². The molecule has 0 saturated carbocycles. The van der Waals surface area contributed by atoms with Crippen LogP contribution in [-0.4, -0.2) is 39.5 Å². The minimum atomic E-state index is -2.29. The average molecular weight is 409 g/mol. The molecule has 3 aromatic rings. The predicted octanol–water partition coefficient (Wildman–Crippen LogP) is 4.08. The Labute approximate surface area is 174 Å². The van der Waals surface area contributed by atoms with Gasteiger partial charge in [0.05, 0.1) is 12.1 Å². The molecule has 0 aliphatic carbocycles. The normalized spacial score (nSPS) is 15.8. The van der Waals surface area contributed by atoms with Crippen LogP contribution >= 0.6 is 0 Å². The van der Waals surface area contributed by atoms with Crippen LogP contribution in [0, 0.1) is 0 Å². The number of hydrogen-bond donors (Lipinski definition) is 1. The topological polar surface area (TPSA) is 53.0 Å². The Bertz CT molecular complexity index is 879. The monoisotopic (exact) mass is 408 g/mol. The lowest BCUT2D eigenvalue weighted by atomic mass is 9.92. The van der Waals surface area contributed by atoms with Crippen molar-refractivity contribution in [3.63, 3.8) is 0 Å². The van der Waals surface area contributed by atoms with Gasteiger partial charge in [0.2, 0.25) is 0 Å². The molecular formula is C23H24N2O3S. The van der Waals surface area contributed by atoms with E-state index in [1.165, 1.54) is 11.1 Å². The van der Waals surface area contributed by atoms with Gasteiger partial charge in [-0.15, -0.1) is 0 Å². The van der Waals surface area contributed by atoms with Crippen LogP contribution < -0.4 is 4.90 Å². The second-order valence-corrected chi connectivity index (χ2v) is 7.77. The maximum absolute atomic E-state index is 11.1. The summed E-state index contributed by atoms with van der Waals surface area (Å²) in [6.07, 6.45) is 0. The molecule has 0 spiro atoms. The third kappa shape index (κ3) is 4.74. The van der Waals surface area contributed by atoms with Crippen LogP contribution in [0.5, 0.6) is 0 Å². The van der Waals surface area contributed by atoms with E-state index in [1.807, 2.05) is 42.5 Å². The van der Waals surface area contributed by atoms with Gasteiger partial charge in [0, 0.05) is 18.8 Å². The summed E-state index contributed by atoms with van der Waals surface area (Å²) in [7, 11) is 0. The number of benzene rings is 3. The Morgan fingerprint density at radius 1 is 0.897 bits per heavy atom. The van der Waals surface area contributed by atoms with Crippen molar-refractivity contribution < 1.29 is 12.9 Å². The molecule has 1 saturated heterocycles. The minimum absolute atomic E-state index is 0.0764. The van der Waals surface area contributed by atoms with Crippen molar-refractivity contribution >= 4 is 17.0 Å². The van der Waals surface area contributed by atoms with Crippen LogP contribution in [0.4, 0.5) is 5.69 Å². The maximum atomic E-state index is 11.1. The highest BCUT2D eigenvalue weighted by Crippen LogP contribution is 2.34. The van der Waals surface area contributed by atoms with E-state index in [4.69, 9.17) is 8.74 Å². The molecule has 0 amide bonds. The first kappa shape index (κ1) is 19.8. The zero-order chi connectivity index (χ0) is 20.1. The second kappa shape index (κ2) is 9.33. The summed E-state index contributed by atoms with van der Waals surface area (Å²) in [5.74, 6) is 0. The van der Waals surface area contributed by atoms with E-state index in [-0.39, 0.29) is 18.8 Å². The summed E-state index contributed by atoms with van der Waals surface area (Å²) >= 11 is -2.29. The van der Waals surface area contributed by atoms with Gasteiger partial charge in [-0.25, -0.2) is 4.18 Å². The number of nitrogens with zero attached hydrogens (tertiary/aromatic N) is 2. The standard InChI is InChI=1S/C23H24N2O3S/c26-29(27)28-18-25(21-14-8-3-9-15-21)22-16-24(17-22)23(19-10-4-1-5-11-19)20-12-6-2-7-13-20/h1-15,22-23H,16-18H2,(H,26,27). The number of rotatable bonds is 8. The van der Waals surface area contributed by atoms with Crippen molar-refractivity contribution in [2.45, 2.75) is 12.1 Å². The van der Waals surface area contributed by atoms with Gasteiger partial charge in [-0.3, -0.25) is 9.45 Å². The molecule has 1 atom stereocenters. The zero-order valence-corrected chi connectivity index (χ0v) is 16.8. The van der Waals surface area contributed by atoms with Crippen molar-refractivity contribution in [1.82, 2.24) is 4.90 Å². The van der Waals surface area contributed by atoms with Gasteiger partial charge >= 0.3 is 11.4 Å². The van der Waals surface area contributed by atoms with E-state index in [0.717, 1.165) is 18.8 Å². The summed E-state index contributed by atoms with van der Waals surface area (Å²) in [5.41, 5.74) is 3.51. The van der Waals surface area contributed by atoms with Gasteiger partial charge in [0.15, 0.2) is 0 Å². The van der Waals surface area contributed by atoms with Crippen molar-refractivity contribution in [2.24, 2.45) is 0 Å². The first-order chi connectivity index (χ1) is 14.2. The molecule has 0 aromatic heterocycles. The lowest BCUT2D eigenvalue weighted by molar-refractivity contribution is 0.0987. The Kier molecular flexibility index (Phi) is 6.36. The van der Waals surface area contributed by atoms with Crippen LogP contribution in [-0.2, 0) is 15.5 Å². The first-order valence-electron chi connectivity index (χ1n) is 9.62. The van der Waals surface area contributed by atoms with E-state index < -0.39 is 11.4 Å². The maximum Gasteiger partial charge on any atom is 0.303 e. The second-order valence-electron chi connectivity index (χ2n) is 7.10. The molecule has 3 aromatic carbocycles. The van der Waals surface area contributed by atoms with Gasteiger partial charge < -0.3 is 4.90 Å². The highest BCUT2D eigenvalue weighted by molar-refractivity contribution is 7.74. The minimum Gasteiger partial charge on any atom is -0.342 e. The van der Waals surface area contributed by atoms with Crippen LogP contribution in [0.1, 0.15) is 17.2 Å². The van der Waals surface area contributed by atoms with Gasteiger partial charge in [0.25, 0.3) is 0 Å². The van der Waals surface area contributed by atoms with Crippen molar-refractivity contribution in [3.8, 4) is 0 Å². The smallest absolute Gasteiger partial charge is 0.303 e. The molecule has 1 fully saturated rings. The molecule has 1 aliphatic heterocycles. The Balaban J connectivity index is 1.54. The van der Waals surface area contributed by atoms with E-state index in [9.17, 15) is 4.21 Å². The fourth-order valence-corrected chi connectivity index (χ4v) is 4.10. The van der Waals surface area contributed by atoms with Crippen LogP contribution in [0.2, 0.25) is 0 Å². The largest absolute Gasteiger partial charge is 0.342 e. The lowest BCUT2D eigenvalue weighted by Gasteiger charge is -2.49. The van der Waals surface area contributed by atoms with Gasteiger partial charge in [-0.1, -0.05) is 78.9 Å². The van der Waals surface area contributed by atoms with E-state index in [1.54, 1.807) is 0 Å². The van der Waals surface area contributed by atoms with E-state index in [0.29, 0.717) is 0 Å². The van der Waals surface area contributed by atoms with Crippen LogP contribution in [0.3, 0.4) is 0 Å². The number of para-hydroxylation sites is 1. The van der Waals surface area contributed by atoms with Crippen molar-refractivity contribution in [3.05, 3.63) is 102 Å². The third-order valence-electron chi connectivity index (χ3n) is 5.31. The fraction of sp³-hybridized carbons (Fsp3) is 0.217. The van der Waals surface area contributed by atoms with Gasteiger partial charge in [-0.05, 0) is 23.3 Å². The average Bonchev–Trinajstić information content (AvgIpc) is 2.73. The quantitative estimate of drug-likeness (QED) is 0.450. The van der Waals surface area contributed by atoms with Crippen LogP contribution in [0.15, 0.2) is 91.0 Å². The van der Waals surface area contributed by atoms with E-state index in [2.05, 4.69) is 58.3 Å². The Morgan fingerprint density at radius 2 is 1.38 bits per heavy atom. The molecule has 1 N–H and O–H groups in total. The molecule has 150 valence electrons. The van der Waals surface area contributed by atoms with Crippen molar-refractivity contribution in [2.75, 3.05) is 24.7 Å². The molecule has 29 heavy (non-hydrogen) atoms. The fourth-order valence-electron chi connectivity index (χ4n) is 3.89. The summed E-state index contributed by atoms with van der Waals surface area (Å²) < 4.78 is 25.1. The molecule has 0 bridgehead atoms. The van der Waals surface area contributed by atoms with Gasteiger partial charge in [0.1, 0.15) is 6.73 Å². The summed E-state index contributed by atoms with van der Waals surface area (Å²) in [5, 5.41) is 0. The molecule has 1 aliphatic rings. The lowest BCUT2D eigenvalue weighted by Crippen LogP contribution is -2.61. The Morgan fingerprint density at radius 3 is 1.86 bits per heavy atom. The Hall–Kier alpha value is -2.51. The number of likely N-dealkylation sites (tertiary alicyclic amines) is 1. The molecule has 1 heterocycles.